The van der Waals surface area contributed by atoms with E-state index in [1.807, 2.05) is 13.8 Å². The molecule has 0 radical (unpaired) electrons. The fourth-order valence-corrected chi connectivity index (χ4v) is 2.27. The minimum atomic E-state index is -5.39. The Morgan fingerprint density at radius 2 is 0.552 bits per heavy atom. The zero-order valence-electron chi connectivity index (χ0n) is 18.6. The van der Waals surface area contributed by atoms with Crippen molar-refractivity contribution in [3.8, 4) is 0 Å². The normalized spacial score (nSPS) is 10.3. The van der Waals surface area contributed by atoms with Crippen LogP contribution in [0, 0.1) is 0 Å². The van der Waals surface area contributed by atoms with Gasteiger partial charge in [-0.25, -0.2) is 0 Å². The van der Waals surface area contributed by atoms with Crippen LogP contribution in [-0.4, -0.2) is 5.48 Å². The lowest BCUT2D eigenvalue weighted by Crippen LogP contribution is -2.24. The number of unbranched alkanes of at least 4 members (excludes halogenated alkanes) is 13. The Kier molecular flexibility index (Phi) is 41.5. The van der Waals surface area contributed by atoms with E-state index in [4.69, 9.17) is 38.5 Å². The van der Waals surface area contributed by atoms with Crippen LogP contribution in [0.3, 0.4) is 0 Å². The quantitative estimate of drug-likeness (QED) is 0.283. The van der Waals surface area contributed by atoms with Gasteiger partial charge in [-0.15, -0.1) is 0 Å². The lowest BCUT2D eigenvalue weighted by Gasteiger charge is -2.36. The van der Waals surface area contributed by atoms with Gasteiger partial charge in [-0.05, 0) is 0 Å². The van der Waals surface area contributed by atoms with Gasteiger partial charge in [-0.3, -0.25) is 0 Å². The van der Waals surface area contributed by atoms with Crippen LogP contribution in [0.15, 0.2) is 0 Å². The van der Waals surface area contributed by atoms with Gasteiger partial charge in [0.05, 0.1) is 0 Å². The lowest BCUT2D eigenvalue weighted by atomic mass is 10.0. The molecule has 0 saturated heterocycles. The number of hydrogen-bond acceptors (Lipinski definition) is 8. The molecule has 0 aromatic rings. The molecular formula is C18H42O9P2-6. The maximum absolute atomic E-state index is 8.55. The zero-order valence-corrected chi connectivity index (χ0v) is 20.3. The van der Waals surface area contributed by atoms with Crippen molar-refractivity contribution in [1.29, 1.82) is 0 Å². The van der Waals surface area contributed by atoms with Crippen molar-refractivity contribution in [3.05, 3.63) is 0 Å². The molecule has 0 fully saturated rings. The van der Waals surface area contributed by atoms with Crippen molar-refractivity contribution in [2.45, 2.75) is 118 Å². The van der Waals surface area contributed by atoms with Crippen molar-refractivity contribution < 1.29 is 44.0 Å². The first kappa shape index (κ1) is 39.6. The number of rotatable bonds is 13. The van der Waals surface area contributed by atoms with Crippen molar-refractivity contribution in [2.24, 2.45) is 0 Å². The second-order valence-corrected chi connectivity index (χ2v) is 7.93. The van der Waals surface area contributed by atoms with Crippen molar-refractivity contribution >= 4 is 15.6 Å². The fraction of sp³-hybridized carbons (Fsp3) is 1.00. The lowest BCUT2D eigenvalue weighted by molar-refractivity contribution is -0.434. The summed E-state index contributed by atoms with van der Waals surface area (Å²) in [5.74, 6) is 0. The molecule has 0 aliphatic rings. The molecular weight excluding hydrogens is 422 g/mol. The van der Waals surface area contributed by atoms with E-state index in [0.29, 0.717) is 0 Å². The van der Waals surface area contributed by atoms with Crippen LogP contribution in [-0.2, 0) is 9.13 Å². The van der Waals surface area contributed by atoms with Crippen LogP contribution in [0.5, 0.6) is 0 Å². The molecule has 0 amide bonds. The highest BCUT2D eigenvalue weighted by Crippen LogP contribution is 2.12. The minimum Gasteiger partial charge on any atom is -0.822 e. The molecule has 0 aromatic heterocycles. The summed E-state index contributed by atoms with van der Waals surface area (Å²) in [6.45, 7) is 8.58. The van der Waals surface area contributed by atoms with E-state index in [1.165, 1.54) is 89.9 Å². The summed E-state index contributed by atoms with van der Waals surface area (Å²) in [7, 11) is -10.8. The molecule has 2 N–H and O–H groups in total. The summed E-state index contributed by atoms with van der Waals surface area (Å²) in [6, 6.07) is 0. The Morgan fingerprint density at radius 1 is 0.448 bits per heavy atom. The molecule has 11 heteroatoms. The summed E-state index contributed by atoms with van der Waals surface area (Å²) >= 11 is 0. The largest absolute Gasteiger partial charge is 0.822 e. The highest BCUT2D eigenvalue weighted by molar-refractivity contribution is 7.40. The van der Waals surface area contributed by atoms with Gasteiger partial charge >= 0.3 is 0 Å². The summed E-state index contributed by atoms with van der Waals surface area (Å²) in [6.07, 6.45) is 20.4. The monoisotopic (exact) mass is 464 g/mol. The minimum absolute atomic E-state index is 0. The molecule has 0 rings (SSSR count). The Morgan fingerprint density at radius 3 is 0.655 bits per heavy atom. The van der Waals surface area contributed by atoms with Gasteiger partial charge in [-0.2, -0.15) is 15.6 Å². The van der Waals surface area contributed by atoms with E-state index < -0.39 is 15.6 Å². The smallest absolute Gasteiger partial charge is 0.0533 e. The van der Waals surface area contributed by atoms with Gasteiger partial charge in [0.2, 0.25) is 0 Å². The van der Waals surface area contributed by atoms with E-state index in [9.17, 15) is 0 Å². The third kappa shape index (κ3) is 111. The summed E-state index contributed by atoms with van der Waals surface area (Å²) in [4.78, 5) is 51.3. The first-order valence-electron chi connectivity index (χ1n) is 10.4. The molecule has 0 atom stereocenters. The summed E-state index contributed by atoms with van der Waals surface area (Å²) in [5.41, 5.74) is 0. The highest BCUT2D eigenvalue weighted by Gasteiger charge is 1.92. The topological polar surface area (TPSA) is 204 Å². The summed E-state index contributed by atoms with van der Waals surface area (Å²) < 4.78 is 17.1. The first-order valence-corrected chi connectivity index (χ1v) is 13.3. The van der Waals surface area contributed by atoms with Gasteiger partial charge in [0, 0.05) is 0 Å². The highest BCUT2D eigenvalue weighted by atomic mass is 31.2. The van der Waals surface area contributed by atoms with E-state index in [2.05, 4.69) is 13.8 Å². The fourth-order valence-electron chi connectivity index (χ4n) is 2.27. The Bertz CT molecular complexity index is 307. The van der Waals surface area contributed by atoms with Crippen LogP contribution in [0.2, 0.25) is 0 Å². The molecule has 0 unspecified atom stereocenters. The first-order chi connectivity index (χ1) is 12.9. The van der Waals surface area contributed by atoms with Crippen molar-refractivity contribution in [1.82, 2.24) is 0 Å². The maximum atomic E-state index is 8.55. The van der Waals surface area contributed by atoms with Gasteiger partial charge < -0.3 is 44.0 Å². The Balaban J connectivity index is -0.000000122. The predicted molar refractivity (Wildman–Crippen MR) is 106 cm³/mol. The van der Waals surface area contributed by atoms with E-state index in [-0.39, 0.29) is 5.48 Å². The van der Waals surface area contributed by atoms with Crippen LogP contribution < -0.4 is 29.4 Å². The van der Waals surface area contributed by atoms with E-state index in [0.717, 1.165) is 0 Å². The Hall–Kier alpha value is 0.180. The van der Waals surface area contributed by atoms with Gasteiger partial charge in [0.1, 0.15) is 0 Å². The van der Waals surface area contributed by atoms with Crippen LogP contribution >= 0.6 is 15.6 Å². The van der Waals surface area contributed by atoms with Crippen molar-refractivity contribution in [2.75, 3.05) is 0 Å². The van der Waals surface area contributed by atoms with Gasteiger partial charge in [0.15, 0.2) is 0 Å². The molecule has 0 aliphatic heterocycles. The number of hydrogen-bond donors (Lipinski definition) is 0. The third-order valence-electron chi connectivity index (χ3n) is 3.46. The molecule has 9 nitrogen and oxygen atoms in total. The maximum Gasteiger partial charge on any atom is -0.0533 e. The molecule has 0 saturated carbocycles. The van der Waals surface area contributed by atoms with E-state index >= 15 is 0 Å². The standard InChI is InChI=1S/C16H34.C2H6.2H3O4P.H2O/c1-3-5-7-9-11-13-15-16-14-12-10-8-6-4-2;1-2;2*1-5(2,3)4;/h3-16H2,1-2H3;1-2H3;2*(H3,1,2,3,4);1H2/p-6. The van der Waals surface area contributed by atoms with Crippen LogP contribution in [0.1, 0.15) is 118 Å². The second-order valence-electron chi connectivity index (χ2n) is 6.14. The van der Waals surface area contributed by atoms with E-state index in [1.54, 1.807) is 0 Å². The molecule has 0 aliphatic carbocycles. The third-order valence-corrected chi connectivity index (χ3v) is 3.46. The predicted octanol–water partition coefficient (Wildman–Crippen LogP) is 1.04. The van der Waals surface area contributed by atoms with Crippen LogP contribution in [0.4, 0.5) is 0 Å². The van der Waals surface area contributed by atoms with Crippen molar-refractivity contribution in [3.63, 3.8) is 0 Å². The molecule has 0 spiro atoms. The zero-order chi connectivity index (χ0) is 22.9. The molecule has 184 valence electrons. The van der Waals surface area contributed by atoms with Gasteiger partial charge in [-0.1, -0.05) is 118 Å². The Labute approximate surface area is 177 Å². The average Bonchev–Trinajstić information content (AvgIpc) is 2.55. The average molecular weight is 464 g/mol. The molecule has 0 bridgehead atoms. The van der Waals surface area contributed by atoms with Crippen LogP contribution in [0.25, 0.3) is 0 Å². The molecule has 29 heavy (non-hydrogen) atoms. The van der Waals surface area contributed by atoms with Gasteiger partial charge in [0.25, 0.3) is 0 Å². The number of phosphoric acid groups is 2. The molecule has 0 heterocycles. The second kappa shape index (κ2) is 30.4. The summed E-state index contributed by atoms with van der Waals surface area (Å²) in [5, 5.41) is 0. The molecule has 0 aromatic carbocycles. The SMILES string of the molecule is CC.CCCCCCCCCCCCCCCC.O.O=P([O-])([O-])[O-].O=P([O-])([O-])[O-].